The van der Waals surface area contributed by atoms with Gasteiger partial charge in [0.1, 0.15) is 0 Å². The van der Waals surface area contributed by atoms with Gasteiger partial charge in [0.2, 0.25) is 0 Å². The molecule has 0 unspecified atom stereocenters. The van der Waals surface area contributed by atoms with Crippen molar-refractivity contribution in [2.75, 3.05) is 14.2 Å². The highest BCUT2D eigenvalue weighted by Crippen LogP contribution is 2.30. The molecule has 4 heteroatoms. The van der Waals surface area contributed by atoms with E-state index in [2.05, 4.69) is 13.8 Å². The van der Waals surface area contributed by atoms with Crippen LogP contribution in [0.15, 0.2) is 18.2 Å². The molecule has 0 saturated carbocycles. The van der Waals surface area contributed by atoms with Crippen molar-refractivity contribution < 1.29 is 9.47 Å². The molecule has 1 atom stereocenters. The van der Waals surface area contributed by atoms with Gasteiger partial charge in [-0.05, 0) is 30.0 Å². The number of rotatable bonds is 5. The largest absolute Gasteiger partial charge is 0.493 e. The molecule has 3 nitrogen and oxygen atoms in total. The molecule has 1 aromatic rings. The number of methoxy groups -OCH3 is 2. The van der Waals surface area contributed by atoms with Gasteiger partial charge < -0.3 is 15.2 Å². The Morgan fingerprint density at radius 1 is 1.12 bits per heavy atom. The molecule has 17 heavy (non-hydrogen) atoms. The minimum absolute atomic E-state index is 0. The van der Waals surface area contributed by atoms with E-state index in [-0.39, 0.29) is 18.4 Å². The van der Waals surface area contributed by atoms with E-state index < -0.39 is 0 Å². The maximum atomic E-state index is 6.11. The summed E-state index contributed by atoms with van der Waals surface area (Å²) < 4.78 is 10.4. The van der Waals surface area contributed by atoms with Gasteiger partial charge in [0.15, 0.2) is 11.5 Å². The molecule has 1 aromatic carbocycles. The van der Waals surface area contributed by atoms with E-state index in [1.807, 2.05) is 18.2 Å². The van der Waals surface area contributed by atoms with E-state index in [0.29, 0.717) is 5.92 Å². The second-order valence-electron chi connectivity index (χ2n) is 4.35. The van der Waals surface area contributed by atoms with Gasteiger partial charge in [0.25, 0.3) is 0 Å². The molecule has 1 rings (SSSR count). The van der Waals surface area contributed by atoms with Crippen molar-refractivity contribution in [3.05, 3.63) is 23.8 Å². The molecule has 0 saturated heterocycles. The van der Waals surface area contributed by atoms with Gasteiger partial charge in [-0.2, -0.15) is 0 Å². The summed E-state index contributed by atoms with van der Waals surface area (Å²) >= 11 is 0. The van der Waals surface area contributed by atoms with Crippen molar-refractivity contribution in [2.45, 2.75) is 26.3 Å². The minimum atomic E-state index is 0. The number of halogens is 1. The highest BCUT2D eigenvalue weighted by atomic mass is 35.5. The second-order valence-corrected chi connectivity index (χ2v) is 4.35. The third-order valence-corrected chi connectivity index (χ3v) is 2.56. The summed E-state index contributed by atoms with van der Waals surface area (Å²) in [6, 6.07) is 5.90. The van der Waals surface area contributed by atoms with Crippen LogP contribution in [0.5, 0.6) is 11.5 Å². The molecule has 0 bridgehead atoms. The highest BCUT2D eigenvalue weighted by molar-refractivity contribution is 5.85. The molecular formula is C13H22ClNO2. The first-order valence-electron chi connectivity index (χ1n) is 5.56. The van der Waals surface area contributed by atoms with Crippen LogP contribution in [0.3, 0.4) is 0 Å². The van der Waals surface area contributed by atoms with Gasteiger partial charge in [-0.3, -0.25) is 0 Å². The van der Waals surface area contributed by atoms with Gasteiger partial charge in [-0.25, -0.2) is 0 Å². The molecular weight excluding hydrogens is 238 g/mol. The van der Waals surface area contributed by atoms with Gasteiger partial charge in [0.05, 0.1) is 14.2 Å². The Kier molecular flexibility index (Phi) is 7.00. The van der Waals surface area contributed by atoms with Crippen LogP contribution in [0, 0.1) is 5.92 Å². The van der Waals surface area contributed by atoms with E-state index in [0.717, 1.165) is 23.5 Å². The predicted molar refractivity (Wildman–Crippen MR) is 73.2 cm³/mol. The summed E-state index contributed by atoms with van der Waals surface area (Å²) in [5, 5.41) is 0. The van der Waals surface area contributed by atoms with Crippen molar-refractivity contribution in [3.63, 3.8) is 0 Å². The Morgan fingerprint density at radius 2 is 1.71 bits per heavy atom. The third-order valence-electron chi connectivity index (χ3n) is 2.56. The lowest BCUT2D eigenvalue weighted by molar-refractivity contribution is 0.354. The minimum Gasteiger partial charge on any atom is -0.493 e. The molecule has 0 aliphatic carbocycles. The molecule has 2 N–H and O–H groups in total. The fourth-order valence-corrected chi connectivity index (χ4v) is 1.73. The average Bonchev–Trinajstić information content (AvgIpc) is 2.27. The molecule has 98 valence electrons. The van der Waals surface area contributed by atoms with Crippen molar-refractivity contribution in [3.8, 4) is 11.5 Å². The molecule has 0 aliphatic heterocycles. The van der Waals surface area contributed by atoms with Crippen LogP contribution in [0.25, 0.3) is 0 Å². The second kappa shape index (κ2) is 7.41. The highest BCUT2D eigenvalue weighted by Gasteiger charge is 2.11. The van der Waals surface area contributed by atoms with Gasteiger partial charge in [-0.1, -0.05) is 19.9 Å². The molecule has 0 heterocycles. The molecule has 0 fully saturated rings. The van der Waals surface area contributed by atoms with Crippen LogP contribution in [-0.2, 0) is 0 Å². The summed E-state index contributed by atoms with van der Waals surface area (Å²) in [5.41, 5.74) is 7.20. The van der Waals surface area contributed by atoms with E-state index in [1.165, 1.54) is 0 Å². The lowest BCUT2D eigenvalue weighted by Gasteiger charge is -2.16. The zero-order chi connectivity index (χ0) is 12.1. The normalized spacial score (nSPS) is 11.9. The fraction of sp³-hybridized carbons (Fsp3) is 0.538. The molecule has 0 aromatic heterocycles. The summed E-state index contributed by atoms with van der Waals surface area (Å²) in [6.07, 6.45) is 0.968. The monoisotopic (exact) mass is 259 g/mol. The maximum absolute atomic E-state index is 6.11. The van der Waals surface area contributed by atoms with Gasteiger partial charge in [0, 0.05) is 6.04 Å². The molecule has 0 radical (unpaired) electrons. The predicted octanol–water partition coefficient (Wildman–Crippen LogP) is 3.17. The first-order chi connectivity index (χ1) is 7.58. The van der Waals surface area contributed by atoms with Crippen molar-refractivity contribution >= 4 is 12.4 Å². The SMILES string of the molecule is COc1ccc([C@@H](N)CC(C)C)cc1OC.Cl. The zero-order valence-electron chi connectivity index (χ0n) is 10.9. The first-order valence-corrected chi connectivity index (χ1v) is 5.56. The molecule has 0 aliphatic rings. The average molecular weight is 260 g/mol. The topological polar surface area (TPSA) is 44.5 Å². The molecule has 0 amide bonds. The van der Waals surface area contributed by atoms with Crippen molar-refractivity contribution in [1.29, 1.82) is 0 Å². The Bertz CT molecular complexity index is 342. The van der Waals surface area contributed by atoms with E-state index >= 15 is 0 Å². The number of benzene rings is 1. The van der Waals surface area contributed by atoms with Crippen LogP contribution in [0.1, 0.15) is 31.9 Å². The van der Waals surface area contributed by atoms with Crippen molar-refractivity contribution in [1.82, 2.24) is 0 Å². The van der Waals surface area contributed by atoms with Gasteiger partial charge in [-0.15, -0.1) is 12.4 Å². The van der Waals surface area contributed by atoms with E-state index in [9.17, 15) is 0 Å². The Hall–Kier alpha value is -0.930. The number of hydrogen-bond donors (Lipinski definition) is 1. The standard InChI is InChI=1S/C13H21NO2.ClH/c1-9(2)7-11(14)10-5-6-12(15-3)13(8-10)16-4;/h5-6,8-9,11H,7,14H2,1-4H3;1H/t11-;/m0./s1. The zero-order valence-corrected chi connectivity index (χ0v) is 11.7. The Balaban J connectivity index is 0.00000256. The number of hydrogen-bond acceptors (Lipinski definition) is 3. The Labute approximate surface area is 110 Å². The smallest absolute Gasteiger partial charge is 0.161 e. The van der Waals surface area contributed by atoms with Crippen LogP contribution >= 0.6 is 12.4 Å². The van der Waals surface area contributed by atoms with Crippen LogP contribution in [-0.4, -0.2) is 14.2 Å². The van der Waals surface area contributed by atoms with Crippen LogP contribution in [0.4, 0.5) is 0 Å². The summed E-state index contributed by atoms with van der Waals surface area (Å²) in [6.45, 7) is 4.33. The van der Waals surface area contributed by atoms with Gasteiger partial charge >= 0.3 is 0 Å². The lowest BCUT2D eigenvalue weighted by Crippen LogP contribution is -2.13. The quantitative estimate of drug-likeness (QED) is 0.883. The maximum Gasteiger partial charge on any atom is 0.161 e. The van der Waals surface area contributed by atoms with Crippen LogP contribution < -0.4 is 15.2 Å². The van der Waals surface area contributed by atoms with Crippen molar-refractivity contribution in [2.24, 2.45) is 11.7 Å². The van der Waals surface area contributed by atoms with Crippen LogP contribution in [0.2, 0.25) is 0 Å². The number of nitrogens with two attached hydrogens (primary N) is 1. The lowest BCUT2D eigenvalue weighted by atomic mass is 9.97. The third kappa shape index (κ3) is 4.44. The fourth-order valence-electron chi connectivity index (χ4n) is 1.73. The summed E-state index contributed by atoms with van der Waals surface area (Å²) in [4.78, 5) is 0. The first kappa shape index (κ1) is 16.1. The number of ether oxygens (including phenoxy) is 2. The van der Waals surface area contributed by atoms with E-state index in [4.69, 9.17) is 15.2 Å². The summed E-state index contributed by atoms with van der Waals surface area (Å²) in [7, 11) is 3.27. The Morgan fingerprint density at radius 3 is 2.18 bits per heavy atom. The summed E-state index contributed by atoms with van der Waals surface area (Å²) in [5.74, 6) is 2.06. The van der Waals surface area contributed by atoms with E-state index in [1.54, 1.807) is 14.2 Å². The molecule has 0 spiro atoms.